The average molecular weight is 191 g/mol. The number of carboxylic acid groups (broad SMARTS) is 1. The maximum absolute atomic E-state index is 11.1. The molecule has 1 aliphatic heterocycles. The van der Waals surface area contributed by atoms with Gasteiger partial charge in [-0.05, 0) is 19.4 Å². The van der Waals surface area contributed by atoms with E-state index < -0.39 is 17.2 Å². The molecule has 3 nitrogen and oxygen atoms in total. The molecule has 74 valence electrons. The van der Waals surface area contributed by atoms with Crippen LogP contribution in [-0.4, -0.2) is 11.6 Å². The second-order valence-corrected chi connectivity index (χ2v) is 3.95. The molecular weight excluding hydrogens is 180 g/mol. The predicted molar refractivity (Wildman–Crippen MR) is 48.3 cm³/mol. The molecule has 0 aliphatic carbocycles. The molecule has 0 aromatic heterocycles. The second-order valence-electron chi connectivity index (χ2n) is 3.95. The lowest BCUT2D eigenvalue weighted by molar-refractivity contribution is -0.313. The molecule has 1 saturated heterocycles. The summed E-state index contributed by atoms with van der Waals surface area (Å²) in [5, 5.41) is 11.1. The van der Waals surface area contributed by atoms with Crippen molar-refractivity contribution >= 4 is 5.97 Å². The van der Waals surface area contributed by atoms with Crippen LogP contribution < -0.4 is 5.11 Å². The number of benzene rings is 1. The maximum atomic E-state index is 11.1. The van der Waals surface area contributed by atoms with E-state index >= 15 is 0 Å². The summed E-state index contributed by atoms with van der Waals surface area (Å²) in [6, 6.07) is 8.90. The summed E-state index contributed by atoms with van der Waals surface area (Å²) in [4.78, 5) is 11.1. The molecule has 1 fully saturated rings. The van der Waals surface area contributed by atoms with Gasteiger partial charge < -0.3 is 14.6 Å². The molecule has 1 aliphatic rings. The molecule has 0 radical (unpaired) electrons. The number of ether oxygens (including phenoxy) is 1. The van der Waals surface area contributed by atoms with Crippen LogP contribution in [0.3, 0.4) is 0 Å². The molecule has 1 aromatic carbocycles. The number of rotatable bonds is 2. The van der Waals surface area contributed by atoms with Crippen molar-refractivity contribution in [2.24, 2.45) is 0 Å². The zero-order chi connectivity index (χ0) is 10.4. The molecule has 0 N–H and O–H groups in total. The van der Waals surface area contributed by atoms with E-state index in [-0.39, 0.29) is 0 Å². The Labute approximate surface area is 82.3 Å². The van der Waals surface area contributed by atoms with E-state index in [1.54, 1.807) is 38.1 Å². The molecule has 2 rings (SSSR count). The smallest absolute Gasteiger partial charge is 0.161 e. The first-order valence-electron chi connectivity index (χ1n) is 4.48. The predicted octanol–water partition coefficient (Wildman–Crippen LogP) is 0.441. The largest absolute Gasteiger partial charge is 0.546 e. The van der Waals surface area contributed by atoms with Crippen LogP contribution in [0.2, 0.25) is 0 Å². The van der Waals surface area contributed by atoms with Gasteiger partial charge in [0.15, 0.2) is 5.60 Å². The Morgan fingerprint density at radius 3 is 2.14 bits per heavy atom. The summed E-state index contributed by atoms with van der Waals surface area (Å²) >= 11 is 0. The second kappa shape index (κ2) is 2.58. The van der Waals surface area contributed by atoms with Gasteiger partial charge in [0.2, 0.25) is 0 Å². The molecule has 3 heteroatoms. The van der Waals surface area contributed by atoms with E-state index in [2.05, 4.69) is 0 Å². The number of carbonyl (C=O) groups is 1. The van der Waals surface area contributed by atoms with E-state index in [1.165, 1.54) is 0 Å². The summed E-state index contributed by atoms with van der Waals surface area (Å²) in [6.07, 6.45) is 0. The first-order chi connectivity index (χ1) is 6.51. The Balaban J connectivity index is 2.47. The third-order valence-corrected chi connectivity index (χ3v) is 2.68. The number of carboxylic acids is 1. The van der Waals surface area contributed by atoms with Crippen LogP contribution in [-0.2, 0) is 15.1 Å². The lowest BCUT2D eigenvalue weighted by Crippen LogP contribution is -2.40. The molecule has 0 amide bonds. The SMILES string of the molecule is CC1(C)O[C@]1(C(=O)[O-])c1ccccc1. The van der Waals surface area contributed by atoms with Crippen molar-refractivity contribution in [2.75, 3.05) is 0 Å². The Kier molecular flexibility index (Phi) is 1.70. The van der Waals surface area contributed by atoms with Crippen LogP contribution in [0.5, 0.6) is 0 Å². The van der Waals surface area contributed by atoms with Gasteiger partial charge in [0.25, 0.3) is 0 Å². The van der Waals surface area contributed by atoms with Gasteiger partial charge in [-0.25, -0.2) is 0 Å². The fourth-order valence-electron chi connectivity index (χ4n) is 1.84. The Morgan fingerprint density at radius 1 is 1.29 bits per heavy atom. The van der Waals surface area contributed by atoms with Crippen molar-refractivity contribution in [2.45, 2.75) is 25.0 Å². The topological polar surface area (TPSA) is 52.7 Å². The molecule has 0 bridgehead atoms. The first-order valence-corrected chi connectivity index (χ1v) is 4.48. The summed E-state index contributed by atoms with van der Waals surface area (Å²) in [5.41, 5.74) is -1.29. The first kappa shape index (κ1) is 9.21. The highest BCUT2D eigenvalue weighted by Crippen LogP contribution is 2.54. The average Bonchev–Trinajstić information content (AvgIpc) is 2.72. The van der Waals surface area contributed by atoms with Gasteiger partial charge in [0.1, 0.15) is 5.60 Å². The van der Waals surface area contributed by atoms with Crippen molar-refractivity contribution in [3.05, 3.63) is 35.9 Å². The number of hydrogen-bond donors (Lipinski definition) is 0. The summed E-state index contributed by atoms with van der Waals surface area (Å²) < 4.78 is 5.28. The highest BCUT2D eigenvalue weighted by atomic mass is 16.6. The third-order valence-electron chi connectivity index (χ3n) is 2.68. The lowest BCUT2D eigenvalue weighted by Gasteiger charge is -2.16. The molecule has 14 heavy (non-hydrogen) atoms. The molecule has 0 saturated carbocycles. The summed E-state index contributed by atoms with van der Waals surface area (Å²) in [5.74, 6) is -1.17. The standard InChI is InChI=1S/C11H12O3/c1-10(2)11(14-10,9(12)13)8-6-4-3-5-7-8/h3-7H,1-2H3,(H,12,13)/p-1/t11-/m0/s1. The minimum absolute atomic E-state index is 0.644. The van der Waals surface area contributed by atoms with E-state index in [9.17, 15) is 9.90 Å². The van der Waals surface area contributed by atoms with Crippen molar-refractivity contribution < 1.29 is 14.6 Å². The molecule has 1 aromatic rings. The van der Waals surface area contributed by atoms with E-state index in [0.717, 1.165) is 0 Å². The maximum Gasteiger partial charge on any atom is 0.161 e. The van der Waals surface area contributed by atoms with Crippen LogP contribution in [0, 0.1) is 0 Å². The van der Waals surface area contributed by atoms with Crippen LogP contribution in [0.1, 0.15) is 19.4 Å². The molecule has 0 unspecified atom stereocenters. The molecule has 1 atom stereocenters. The normalized spacial score (nSPS) is 28.4. The summed E-state index contributed by atoms with van der Waals surface area (Å²) in [6.45, 7) is 3.49. The fourth-order valence-corrected chi connectivity index (χ4v) is 1.84. The number of epoxide rings is 1. The summed E-state index contributed by atoms with van der Waals surface area (Å²) in [7, 11) is 0. The van der Waals surface area contributed by atoms with Gasteiger partial charge in [-0.1, -0.05) is 30.3 Å². The van der Waals surface area contributed by atoms with Crippen LogP contribution >= 0.6 is 0 Å². The van der Waals surface area contributed by atoms with Gasteiger partial charge in [0, 0.05) is 0 Å². The Bertz CT molecular complexity index is 369. The zero-order valence-electron chi connectivity index (χ0n) is 8.11. The van der Waals surface area contributed by atoms with Crippen LogP contribution in [0.4, 0.5) is 0 Å². The molecule has 1 heterocycles. The highest BCUT2D eigenvalue weighted by molar-refractivity contribution is 5.82. The Hall–Kier alpha value is -1.35. The van der Waals surface area contributed by atoms with Crippen molar-refractivity contribution in [3.63, 3.8) is 0 Å². The van der Waals surface area contributed by atoms with E-state index in [4.69, 9.17) is 4.74 Å². The van der Waals surface area contributed by atoms with Crippen molar-refractivity contribution in [1.29, 1.82) is 0 Å². The number of aliphatic carboxylic acids is 1. The van der Waals surface area contributed by atoms with Gasteiger partial charge in [-0.3, -0.25) is 0 Å². The molecule has 0 spiro atoms. The third kappa shape index (κ3) is 0.990. The number of carbonyl (C=O) groups excluding carboxylic acids is 1. The highest BCUT2D eigenvalue weighted by Gasteiger charge is 2.66. The number of hydrogen-bond acceptors (Lipinski definition) is 3. The van der Waals surface area contributed by atoms with Gasteiger partial charge >= 0.3 is 0 Å². The Morgan fingerprint density at radius 2 is 1.79 bits per heavy atom. The minimum Gasteiger partial charge on any atom is -0.546 e. The minimum atomic E-state index is -1.26. The molecular formula is C11H11O3-. The van der Waals surface area contributed by atoms with Crippen LogP contribution in [0.25, 0.3) is 0 Å². The van der Waals surface area contributed by atoms with E-state index in [1.807, 2.05) is 6.07 Å². The van der Waals surface area contributed by atoms with E-state index in [0.29, 0.717) is 5.56 Å². The van der Waals surface area contributed by atoms with Crippen LogP contribution in [0.15, 0.2) is 30.3 Å². The fraction of sp³-hybridized carbons (Fsp3) is 0.364. The monoisotopic (exact) mass is 191 g/mol. The van der Waals surface area contributed by atoms with Gasteiger partial charge in [0.05, 0.1) is 5.97 Å². The van der Waals surface area contributed by atoms with Crippen molar-refractivity contribution in [3.8, 4) is 0 Å². The van der Waals surface area contributed by atoms with Crippen molar-refractivity contribution in [1.82, 2.24) is 0 Å². The van der Waals surface area contributed by atoms with Gasteiger partial charge in [-0.15, -0.1) is 0 Å². The lowest BCUT2D eigenvalue weighted by atomic mass is 9.88. The van der Waals surface area contributed by atoms with Gasteiger partial charge in [-0.2, -0.15) is 0 Å². The zero-order valence-corrected chi connectivity index (χ0v) is 8.11. The quantitative estimate of drug-likeness (QED) is 0.637.